The van der Waals surface area contributed by atoms with E-state index in [1.165, 1.54) is 24.4 Å². The Labute approximate surface area is 124 Å². The van der Waals surface area contributed by atoms with Crippen molar-refractivity contribution in [1.29, 1.82) is 0 Å². The van der Waals surface area contributed by atoms with E-state index in [0.717, 1.165) is 0 Å². The minimum atomic E-state index is -4.72. The average Bonchev–Trinajstić information content (AvgIpc) is 2.47. The van der Waals surface area contributed by atoms with Crippen LogP contribution in [0, 0.1) is 0 Å². The number of alkyl halides is 3. The number of halogens is 3. The molecule has 1 aromatic carbocycles. The quantitative estimate of drug-likeness (QED) is 0.924. The Morgan fingerprint density at radius 3 is 2.73 bits per heavy atom. The largest absolute Gasteiger partial charge is 0.573 e. The lowest BCUT2D eigenvalue weighted by molar-refractivity contribution is -0.274. The van der Waals surface area contributed by atoms with Gasteiger partial charge in [-0.3, -0.25) is 9.78 Å². The van der Waals surface area contributed by atoms with Crippen LogP contribution >= 0.6 is 0 Å². The van der Waals surface area contributed by atoms with Gasteiger partial charge in [-0.05, 0) is 36.2 Å². The zero-order valence-corrected chi connectivity index (χ0v) is 11.4. The first kappa shape index (κ1) is 15.8. The van der Waals surface area contributed by atoms with E-state index < -0.39 is 6.36 Å². The molecule has 22 heavy (non-hydrogen) atoms. The zero-order chi connectivity index (χ0) is 16.0. The van der Waals surface area contributed by atoms with Crippen molar-refractivity contribution in [2.45, 2.75) is 12.8 Å². The molecule has 0 fully saturated rings. The number of carbonyl (C=O) groups is 1. The van der Waals surface area contributed by atoms with Crippen LogP contribution in [-0.2, 0) is 6.42 Å². The lowest BCUT2D eigenvalue weighted by Gasteiger charge is -2.10. The molecule has 0 saturated carbocycles. The molecule has 0 radical (unpaired) electrons. The Hall–Kier alpha value is -2.57. The van der Waals surface area contributed by atoms with E-state index in [4.69, 9.17) is 0 Å². The van der Waals surface area contributed by atoms with Crippen LogP contribution in [0.2, 0.25) is 0 Å². The molecule has 2 aromatic rings. The minimum Gasteiger partial charge on any atom is -0.406 e. The van der Waals surface area contributed by atoms with Gasteiger partial charge in [0.1, 0.15) is 5.75 Å². The first-order valence-corrected chi connectivity index (χ1v) is 6.47. The molecule has 1 N–H and O–H groups in total. The molecule has 0 bridgehead atoms. The zero-order valence-electron chi connectivity index (χ0n) is 11.4. The van der Waals surface area contributed by atoms with Crippen LogP contribution in [0.15, 0.2) is 48.8 Å². The number of ether oxygens (including phenoxy) is 1. The third-order valence-electron chi connectivity index (χ3n) is 2.75. The van der Waals surface area contributed by atoms with Crippen molar-refractivity contribution in [3.63, 3.8) is 0 Å². The Kier molecular flexibility index (Phi) is 4.98. The summed E-state index contributed by atoms with van der Waals surface area (Å²) in [5, 5.41) is 2.67. The van der Waals surface area contributed by atoms with Crippen LogP contribution in [0.5, 0.6) is 5.75 Å². The van der Waals surface area contributed by atoms with Gasteiger partial charge < -0.3 is 10.1 Å². The Bertz CT molecular complexity index is 630. The molecule has 1 heterocycles. The average molecular weight is 310 g/mol. The van der Waals surface area contributed by atoms with Crippen molar-refractivity contribution in [2.24, 2.45) is 0 Å². The van der Waals surface area contributed by atoms with Gasteiger partial charge in [-0.2, -0.15) is 0 Å². The van der Waals surface area contributed by atoms with E-state index in [0.29, 0.717) is 24.1 Å². The lowest BCUT2D eigenvalue weighted by Crippen LogP contribution is -2.25. The molecular formula is C15H13F3N2O2. The molecule has 1 amide bonds. The molecule has 0 aliphatic carbocycles. The number of nitrogens with zero attached hydrogens (tertiary/aromatic N) is 1. The summed E-state index contributed by atoms with van der Waals surface area (Å²) in [6.07, 6.45) is -1.33. The molecule has 0 saturated heterocycles. The van der Waals surface area contributed by atoms with Crippen LogP contribution in [0.3, 0.4) is 0 Å². The van der Waals surface area contributed by atoms with E-state index in [1.807, 2.05) is 0 Å². The molecule has 0 aliphatic rings. The summed E-state index contributed by atoms with van der Waals surface area (Å²) in [6.45, 7) is 0.295. The summed E-state index contributed by atoms with van der Waals surface area (Å²) in [5.74, 6) is -0.556. The number of aromatic nitrogens is 1. The van der Waals surface area contributed by atoms with Gasteiger partial charge in [-0.15, -0.1) is 13.2 Å². The molecule has 7 heteroatoms. The van der Waals surface area contributed by atoms with Crippen molar-refractivity contribution in [2.75, 3.05) is 6.54 Å². The van der Waals surface area contributed by atoms with Crippen molar-refractivity contribution in [1.82, 2.24) is 10.3 Å². The van der Waals surface area contributed by atoms with E-state index in [1.54, 1.807) is 24.4 Å². The van der Waals surface area contributed by atoms with Gasteiger partial charge in [0.25, 0.3) is 5.91 Å². The van der Waals surface area contributed by atoms with Crippen molar-refractivity contribution < 1.29 is 22.7 Å². The SMILES string of the molecule is O=C(NCCc1cccc(OC(F)(F)F)c1)c1cccnc1. The number of carbonyl (C=O) groups excluding carboxylic acids is 1. The summed E-state index contributed by atoms with van der Waals surface area (Å²) in [5.41, 5.74) is 1.06. The number of hydrogen-bond acceptors (Lipinski definition) is 3. The third-order valence-corrected chi connectivity index (χ3v) is 2.75. The van der Waals surface area contributed by atoms with Gasteiger partial charge in [0.15, 0.2) is 0 Å². The monoisotopic (exact) mass is 310 g/mol. The lowest BCUT2D eigenvalue weighted by atomic mass is 10.1. The highest BCUT2D eigenvalue weighted by molar-refractivity contribution is 5.93. The molecular weight excluding hydrogens is 297 g/mol. The summed E-state index contributed by atoms with van der Waals surface area (Å²) in [4.78, 5) is 15.6. The van der Waals surface area contributed by atoms with E-state index in [-0.39, 0.29) is 11.7 Å². The van der Waals surface area contributed by atoms with Gasteiger partial charge in [-0.1, -0.05) is 12.1 Å². The van der Waals surface area contributed by atoms with E-state index in [9.17, 15) is 18.0 Å². The maximum atomic E-state index is 12.1. The van der Waals surface area contributed by atoms with Crippen LogP contribution in [0.1, 0.15) is 15.9 Å². The fraction of sp³-hybridized carbons (Fsp3) is 0.200. The number of amides is 1. The minimum absolute atomic E-state index is 0.274. The van der Waals surface area contributed by atoms with Gasteiger partial charge in [0, 0.05) is 18.9 Å². The van der Waals surface area contributed by atoms with Crippen molar-refractivity contribution in [3.05, 3.63) is 59.9 Å². The number of hydrogen-bond donors (Lipinski definition) is 1. The summed E-state index contributed by atoms with van der Waals surface area (Å²) in [7, 11) is 0. The smallest absolute Gasteiger partial charge is 0.406 e. The Balaban J connectivity index is 1.87. The second-order valence-electron chi connectivity index (χ2n) is 4.44. The van der Waals surface area contributed by atoms with Crippen LogP contribution in [0.4, 0.5) is 13.2 Å². The third kappa shape index (κ3) is 5.08. The first-order valence-electron chi connectivity index (χ1n) is 6.47. The normalized spacial score (nSPS) is 11.0. The van der Waals surface area contributed by atoms with Crippen molar-refractivity contribution in [3.8, 4) is 5.75 Å². The standard InChI is InChI=1S/C15H13F3N2O2/c16-15(17,18)22-13-5-1-3-11(9-13)6-8-20-14(21)12-4-2-7-19-10-12/h1-5,7,9-10H,6,8H2,(H,20,21). The number of nitrogens with one attached hydrogen (secondary N) is 1. The van der Waals surface area contributed by atoms with E-state index in [2.05, 4.69) is 15.0 Å². The van der Waals surface area contributed by atoms with Gasteiger partial charge >= 0.3 is 6.36 Å². The maximum Gasteiger partial charge on any atom is 0.573 e. The molecule has 2 rings (SSSR count). The molecule has 0 spiro atoms. The first-order chi connectivity index (χ1) is 10.4. The van der Waals surface area contributed by atoms with Crippen LogP contribution in [-0.4, -0.2) is 23.8 Å². The second kappa shape index (κ2) is 6.93. The Morgan fingerprint density at radius 2 is 2.05 bits per heavy atom. The molecule has 4 nitrogen and oxygen atoms in total. The van der Waals surface area contributed by atoms with Crippen molar-refractivity contribution >= 4 is 5.91 Å². The second-order valence-corrected chi connectivity index (χ2v) is 4.44. The number of pyridine rings is 1. The van der Waals surface area contributed by atoms with Gasteiger partial charge in [-0.25, -0.2) is 0 Å². The fourth-order valence-electron chi connectivity index (χ4n) is 1.82. The molecule has 116 valence electrons. The predicted molar refractivity (Wildman–Crippen MR) is 73.4 cm³/mol. The molecule has 0 aliphatic heterocycles. The maximum absolute atomic E-state index is 12.1. The summed E-state index contributed by atoms with van der Waals surface area (Å²) >= 11 is 0. The fourth-order valence-corrected chi connectivity index (χ4v) is 1.82. The molecule has 1 aromatic heterocycles. The highest BCUT2D eigenvalue weighted by Crippen LogP contribution is 2.23. The molecule has 0 unspecified atom stereocenters. The molecule has 0 atom stereocenters. The van der Waals surface area contributed by atoms with Gasteiger partial charge in [0.2, 0.25) is 0 Å². The topological polar surface area (TPSA) is 51.2 Å². The Morgan fingerprint density at radius 1 is 1.23 bits per heavy atom. The van der Waals surface area contributed by atoms with E-state index >= 15 is 0 Å². The highest BCUT2D eigenvalue weighted by atomic mass is 19.4. The summed E-state index contributed by atoms with van der Waals surface area (Å²) in [6, 6.07) is 8.93. The summed E-state index contributed by atoms with van der Waals surface area (Å²) < 4.78 is 40.2. The number of rotatable bonds is 5. The number of benzene rings is 1. The highest BCUT2D eigenvalue weighted by Gasteiger charge is 2.31. The van der Waals surface area contributed by atoms with Gasteiger partial charge in [0.05, 0.1) is 5.56 Å². The predicted octanol–water partition coefficient (Wildman–Crippen LogP) is 2.95. The van der Waals surface area contributed by atoms with Crippen LogP contribution in [0.25, 0.3) is 0 Å². The van der Waals surface area contributed by atoms with Crippen LogP contribution < -0.4 is 10.1 Å².